The molecule has 0 aromatic heterocycles. The number of nitrogens with one attached hydrogen (secondary N) is 1. The predicted octanol–water partition coefficient (Wildman–Crippen LogP) is 4.38. The fourth-order valence-corrected chi connectivity index (χ4v) is 2.41. The fraction of sp³-hybridized carbons (Fsp3) is 0.278. The van der Waals surface area contributed by atoms with Crippen LogP contribution in [0.4, 0.5) is 0 Å². The molecule has 0 atom stereocenters. The maximum absolute atomic E-state index is 11.9. The molecule has 0 spiro atoms. The molecule has 0 aliphatic carbocycles. The van der Waals surface area contributed by atoms with E-state index in [4.69, 9.17) is 4.74 Å². The number of ether oxygens (including phenoxy) is 1. The highest BCUT2D eigenvalue weighted by atomic mass is 79.9. The molecule has 0 unspecified atom stereocenters. The van der Waals surface area contributed by atoms with Crippen molar-refractivity contribution in [2.75, 3.05) is 13.2 Å². The highest BCUT2D eigenvalue weighted by Gasteiger charge is 2.05. The van der Waals surface area contributed by atoms with E-state index in [0.717, 1.165) is 10.2 Å². The van der Waals surface area contributed by atoms with Crippen LogP contribution in [-0.2, 0) is 0 Å². The Kier molecular flexibility index (Phi) is 6.01. The normalized spacial score (nSPS) is 10.5. The molecule has 0 bridgehead atoms. The first-order valence-electron chi connectivity index (χ1n) is 7.33. The SMILES string of the molecule is CC(C)c1ccc(OCCNC(=O)c2cccc(Br)c2)cc1. The molecule has 2 aromatic carbocycles. The van der Waals surface area contributed by atoms with Crippen LogP contribution < -0.4 is 10.1 Å². The van der Waals surface area contributed by atoms with Crippen molar-refractivity contribution in [1.29, 1.82) is 0 Å². The van der Waals surface area contributed by atoms with E-state index in [2.05, 4.69) is 47.2 Å². The van der Waals surface area contributed by atoms with Crippen LogP contribution in [0.3, 0.4) is 0 Å². The molecule has 2 aromatic rings. The second kappa shape index (κ2) is 7.99. The summed E-state index contributed by atoms with van der Waals surface area (Å²) in [5.41, 5.74) is 1.92. The number of amides is 1. The molecule has 0 aliphatic rings. The van der Waals surface area contributed by atoms with Crippen LogP contribution in [-0.4, -0.2) is 19.1 Å². The number of benzene rings is 2. The number of hydrogen-bond acceptors (Lipinski definition) is 2. The quantitative estimate of drug-likeness (QED) is 0.775. The minimum atomic E-state index is -0.0972. The summed E-state index contributed by atoms with van der Waals surface area (Å²) < 4.78 is 6.52. The standard InChI is InChI=1S/C18H20BrNO2/c1-13(2)14-6-8-17(9-7-14)22-11-10-20-18(21)15-4-3-5-16(19)12-15/h3-9,12-13H,10-11H2,1-2H3,(H,20,21). The Morgan fingerprint density at radius 2 is 1.91 bits per heavy atom. The fourth-order valence-electron chi connectivity index (χ4n) is 2.01. The zero-order valence-corrected chi connectivity index (χ0v) is 14.4. The van der Waals surface area contributed by atoms with Crippen LogP contribution in [0, 0.1) is 0 Å². The highest BCUT2D eigenvalue weighted by molar-refractivity contribution is 9.10. The van der Waals surface area contributed by atoms with Crippen molar-refractivity contribution in [2.45, 2.75) is 19.8 Å². The van der Waals surface area contributed by atoms with E-state index in [1.807, 2.05) is 24.3 Å². The molecule has 22 heavy (non-hydrogen) atoms. The van der Waals surface area contributed by atoms with Crippen molar-refractivity contribution >= 4 is 21.8 Å². The summed E-state index contributed by atoms with van der Waals surface area (Å²) in [5, 5.41) is 2.84. The first kappa shape index (κ1) is 16.6. The molecule has 1 amide bonds. The van der Waals surface area contributed by atoms with Gasteiger partial charge in [0.25, 0.3) is 5.91 Å². The average Bonchev–Trinajstić information content (AvgIpc) is 2.51. The van der Waals surface area contributed by atoms with Crippen LogP contribution >= 0.6 is 15.9 Å². The monoisotopic (exact) mass is 361 g/mol. The number of rotatable bonds is 6. The third-order valence-corrected chi connectivity index (χ3v) is 3.78. The molecular weight excluding hydrogens is 342 g/mol. The molecule has 0 fully saturated rings. The molecule has 2 rings (SSSR count). The molecule has 116 valence electrons. The van der Waals surface area contributed by atoms with Gasteiger partial charge in [0.05, 0.1) is 6.54 Å². The number of carbonyl (C=O) groups excluding carboxylic acids is 1. The number of hydrogen-bond donors (Lipinski definition) is 1. The lowest BCUT2D eigenvalue weighted by Crippen LogP contribution is -2.28. The van der Waals surface area contributed by atoms with Crippen LogP contribution in [0.1, 0.15) is 35.7 Å². The Labute approximate surface area is 139 Å². The van der Waals surface area contributed by atoms with Crippen molar-refractivity contribution in [3.63, 3.8) is 0 Å². The minimum Gasteiger partial charge on any atom is -0.492 e. The highest BCUT2D eigenvalue weighted by Crippen LogP contribution is 2.18. The summed E-state index contributed by atoms with van der Waals surface area (Å²) in [4.78, 5) is 11.9. The molecule has 3 nitrogen and oxygen atoms in total. The van der Waals surface area contributed by atoms with Crippen molar-refractivity contribution < 1.29 is 9.53 Å². The zero-order chi connectivity index (χ0) is 15.9. The summed E-state index contributed by atoms with van der Waals surface area (Å²) in [7, 11) is 0. The van der Waals surface area contributed by atoms with Crippen molar-refractivity contribution in [1.82, 2.24) is 5.32 Å². The summed E-state index contributed by atoms with van der Waals surface area (Å²) in [6.07, 6.45) is 0. The van der Waals surface area contributed by atoms with Gasteiger partial charge in [-0.15, -0.1) is 0 Å². The molecule has 0 saturated heterocycles. The Bertz CT molecular complexity index is 623. The molecule has 4 heteroatoms. The van der Waals surface area contributed by atoms with E-state index in [1.165, 1.54) is 5.56 Å². The van der Waals surface area contributed by atoms with Gasteiger partial charge in [-0.1, -0.05) is 48.0 Å². The van der Waals surface area contributed by atoms with E-state index in [0.29, 0.717) is 24.6 Å². The van der Waals surface area contributed by atoms with Gasteiger partial charge in [-0.05, 0) is 41.8 Å². The molecule has 0 aliphatic heterocycles. The van der Waals surface area contributed by atoms with Crippen LogP contribution in [0.2, 0.25) is 0 Å². The lowest BCUT2D eigenvalue weighted by Gasteiger charge is -2.10. The predicted molar refractivity (Wildman–Crippen MR) is 92.5 cm³/mol. The Hall–Kier alpha value is -1.81. The lowest BCUT2D eigenvalue weighted by molar-refractivity contribution is 0.0947. The summed E-state index contributed by atoms with van der Waals surface area (Å²) in [6.45, 7) is 5.23. The first-order chi connectivity index (χ1) is 10.6. The Morgan fingerprint density at radius 3 is 2.55 bits per heavy atom. The first-order valence-corrected chi connectivity index (χ1v) is 8.12. The number of carbonyl (C=O) groups is 1. The molecule has 0 radical (unpaired) electrons. The van der Waals surface area contributed by atoms with Gasteiger partial charge in [0.2, 0.25) is 0 Å². The van der Waals surface area contributed by atoms with Crippen LogP contribution in [0.25, 0.3) is 0 Å². The van der Waals surface area contributed by atoms with E-state index in [9.17, 15) is 4.79 Å². The van der Waals surface area contributed by atoms with Gasteiger partial charge in [-0.3, -0.25) is 4.79 Å². The van der Waals surface area contributed by atoms with Crippen molar-refractivity contribution in [3.8, 4) is 5.75 Å². The maximum Gasteiger partial charge on any atom is 0.251 e. The Balaban J connectivity index is 1.76. The minimum absolute atomic E-state index is 0.0972. The van der Waals surface area contributed by atoms with E-state index in [-0.39, 0.29) is 5.91 Å². The van der Waals surface area contributed by atoms with Crippen LogP contribution in [0.15, 0.2) is 53.0 Å². The summed E-state index contributed by atoms with van der Waals surface area (Å²) in [6, 6.07) is 15.4. The number of halogens is 1. The third kappa shape index (κ3) is 4.88. The summed E-state index contributed by atoms with van der Waals surface area (Å²) >= 11 is 3.35. The van der Waals surface area contributed by atoms with E-state index in [1.54, 1.807) is 12.1 Å². The van der Waals surface area contributed by atoms with Gasteiger partial charge < -0.3 is 10.1 Å². The second-order valence-electron chi connectivity index (χ2n) is 5.34. The lowest BCUT2D eigenvalue weighted by atomic mass is 10.0. The largest absolute Gasteiger partial charge is 0.492 e. The van der Waals surface area contributed by atoms with Gasteiger partial charge in [0.1, 0.15) is 12.4 Å². The van der Waals surface area contributed by atoms with Crippen LogP contribution in [0.5, 0.6) is 5.75 Å². The Morgan fingerprint density at radius 1 is 1.18 bits per heavy atom. The van der Waals surface area contributed by atoms with Gasteiger partial charge in [0.15, 0.2) is 0 Å². The van der Waals surface area contributed by atoms with Crippen molar-refractivity contribution in [2.24, 2.45) is 0 Å². The molecular formula is C18H20BrNO2. The van der Waals surface area contributed by atoms with Crippen molar-refractivity contribution in [3.05, 3.63) is 64.1 Å². The van der Waals surface area contributed by atoms with Gasteiger partial charge in [-0.2, -0.15) is 0 Å². The second-order valence-corrected chi connectivity index (χ2v) is 6.25. The third-order valence-electron chi connectivity index (χ3n) is 3.29. The van der Waals surface area contributed by atoms with Gasteiger partial charge in [-0.25, -0.2) is 0 Å². The smallest absolute Gasteiger partial charge is 0.251 e. The molecule has 0 saturated carbocycles. The van der Waals surface area contributed by atoms with Gasteiger partial charge in [0, 0.05) is 10.0 Å². The summed E-state index contributed by atoms with van der Waals surface area (Å²) in [5.74, 6) is 1.24. The van der Waals surface area contributed by atoms with E-state index >= 15 is 0 Å². The molecule has 1 N–H and O–H groups in total. The van der Waals surface area contributed by atoms with E-state index < -0.39 is 0 Å². The molecule has 0 heterocycles. The zero-order valence-electron chi connectivity index (χ0n) is 12.8. The maximum atomic E-state index is 11.9. The topological polar surface area (TPSA) is 38.3 Å². The van der Waals surface area contributed by atoms with Gasteiger partial charge >= 0.3 is 0 Å². The average molecular weight is 362 g/mol.